The molecule has 3 heterocycles. The number of furan rings is 1. The number of para-hydroxylation sites is 1. The summed E-state index contributed by atoms with van der Waals surface area (Å²) in [6.45, 7) is 0. The van der Waals surface area contributed by atoms with Gasteiger partial charge in [-0.2, -0.15) is 0 Å². The molecule has 0 amide bonds. The van der Waals surface area contributed by atoms with Gasteiger partial charge in [-0.3, -0.25) is 0 Å². The zero-order valence-electron chi connectivity index (χ0n) is 27.5. The van der Waals surface area contributed by atoms with Crippen LogP contribution in [0.5, 0.6) is 0 Å². The monoisotopic (exact) mass is 667 g/mol. The van der Waals surface area contributed by atoms with Gasteiger partial charge in [0, 0.05) is 47.4 Å². The number of thiophene rings is 1. The van der Waals surface area contributed by atoms with Crippen molar-refractivity contribution < 1.29 is 4.42 Å². The standard InChI is InChI=1S/C48H29NOS/c1-3-10-30(11-4-1)33-20-25-41-39(28-33)40-29-34(31-12-5-2-6-13-31)21-26-42(40)49(41)35-22-18-32(19-23-35)36-15-9-17-44-46(36)47-45(51-44)27-24-38-37-14-7-8-16-43(37)50-48(38)47/h1-29H. The first-order valence-corrected chi connectivity index (χ1v) is 18.2. The lowest BCUT2D eigenvalue weighted by Crippen LogP contribution is -1.94. The van der Waals surface area contributed by atoms with Gasteiger partial charge < -0.3 is 8.98 Å². The van der Waals surface area contributed by atoms with Crippen LogP contribution < -0.4 is 0 Å². The van der Waals surface area contributed by atoms with Gasteiger partial charge >= 0.3 is 0 Å². The van der Waals surface area contributed by atoms with Crippen molar-refractivity contribution in [2.45, 2.75) is 0 Å². The molecule has 51 heavy (non-hydrogen) atoms. The molecular formula is C48H29NOS. The first kappa shape index (κ1) is 28.4. The fourth-order valence-electron chi connectivity index (χ4n) is 8.04. The highest BCUT2D eigenvalue weighted by atomic mass is 32.1. The molecule has 0 unspecified atom stereocenters. The van der Waals surface area contributed by atoms with Crippen molar-refractivity contribution in [3.05, 3.63) is 176 Å². The van der Waals surface area contributed by atoms with Gasteiger partial charge in [0.1, 0.15) is 11.2 Å². The minimum absolute atomic E-state index is 0.930. The molecule has 0 spiro atoms. The van der Waals surface area contributed by atoms with E-state index < -0.39 is 0 Å². The Balaban J connectivity index is 1.10. The first-order valence-electron chi connectivity index (χ1n) is 17.3. The molecule has 0 bridgehead atoms. The van der Waals surface area contributed by atoms with Gasteiger partial charge in [-0.05, 0) is 94.0 Å². The van der Waals surface area contributed by atoms with Crippen LogP contribution in [0.4, 0.5) is 0 Å². The van der Waals surface area contributed by atoms with Crippen molar-refractivity contribution in [3.8, 4) is 39.1 Å². The van der Waals surface area contributed by atoms with Crippen molar-refractivity contribution in [1.29, 1.82) is 0 Å². The van der Waals surface area contributed by atoms with E-state index in [0.29, 0.717) is 0 Å². The van der Waals surface area contributed by atoms with E-state index in [0.717, 1.165) is 22.2 Å². The Morgan fingerprint density at radius 1 is 0.392 bits per heavy atom. The van der Waals surface area contributed by atoms with E-state index >= 15 is 0 Å². The average Bonchev–Trinajstić information content (AvgIpc) is 3.87. The number of nitrogens with zero attached hydrogens (tertiary/aromatic N) is 1. The Kier molecular flexibility index (Phi) is 6.16. The molecule has 0 aliphatic rings. The largest absolute Gasteiger partial charge is 0.455 e. The van der Waals surface area contributed by atoms with E-state index in [-0.39, 0.29) is 0 Å². The number of hydrogen-bond acceptors (Lipinski definition) is 2. The van der Waals surface area contributed by atoms with E-state index in [2.05, 4.69) is 174 Å². The minimum atomic E-state index is 0.930. The first-order chi connectivity index (χ1) is 25.3. The van der Waals surface area contributed by atoms with E-state index in [9.17, 15) is 0 Å². The van der Waals surface area contributed by atoms with Crippen molar-refractivity contribution in [1.82, 2.24) is 4.57 Å². The van der Waals surface area contributed by atoms with Gasteiger partial charge in [0.25, 0.3) is 0 Å². The SMILES string of the molecule is c1ccc(-c2ccc3c(c2)c2cc(-c4ccccc4)ccc2n3-c2ccc(-c3cccc4sc5ccc6c7ccccc7oc6c5c34)cc2)cc1. The Bertz CT molecular complexity index is 3010. The number of rotatable bonds is 4. The van der Waals surface area contributed by atoms with Crippen LogP contribution in [0.25, 0.3) is 103 Å². The summed E-state index contributed by atoms with van der Waals surface area (Å²) in [7, 11) is 0. The summed E-state index contributed by atoms with van der Waals surface area (Å²) >= 11 is 1.83. The second-order valence-corrected chi connectivity index (χ2v) is 14.4. The lowest BCUT2D eigenvalue weighted by molar-refractivity contribution is 0.673. The summed E-state index contributed by atoms with van der Waals surface area (Å²) in [6.07, 6.45) is 0. The van der Waals surface area contributed by atoms with E-state index in [1.807, 2.05) is 17.4 Å². The molecule has 0 fully saturated rings. The van der Waals surface area contributed by atoms with Gasteiger partial charge in [0.05, 0.1) is 11.0 Å². The molecule has 0 saturated carbocycles. The predicted octanol–water partition coefficient (Wildman–Crippen LogP) is 14.1. The molecule has 11 rings (SSSR count). The van der Waals surface area contributed by atoms with Crippen LogP contribution in [0.3, 0.4) is 0 Å². The molecule has 0 atom stereocenters. The fraction of sp³-hybridized carbons (Fsp3) is 0. The van der Waals surface area contributed by atoms with E-state index in [1.165, 1.54) is 80.7 Å². The number of fused-ring (bicyclic) bond motifs is 10. The maximum atomic E-state index is 6.55. The minimum Gasteiger partial charge on any atom is -0.455 e. The molecule has 0 N–H and O–H groups in total. The zero-order chi connectivity index (χ0) is 33.5. The molecule has 3 heteroatoms. The highest BCUT2D eigenvalue weighted by Gasteiger charge is 2.19. The van der Waals surface area contributed by atoms with Crippen LogP contribution in [0.15, 0.2) is 180 Å². The quantitative estimate of drug-likeness (QED) is 0.183. The van der Waals surface area contributed by atoms with Crippen molar-refractivity contribution in [3.63, 3.8) is 0 Å². The lowest BCUT2D eigenvalue weighted by atomic mass is 9.98. The van der Waals surface area contributed by atoms with Crippen LogP contribution >= 0.6 is 11.3 Å². The van der Waals surface area contributed by atoms with Crippen LogP contribution in [-0.2, 0) is 0 Å². The van der Waals surface area contributed by atoms with Gasteiger partial charge in [-0.25, -0.2) is 0 Å². The summed E-state index contributed by atoms with van der Waals surface area (Å²) < 4.78 is 11.5. The lowest BCUT2D eigenvalue weighted by Gasteiger charge is -2.11. The van der Waals surface area contributed by atoms with Crippen LogP contribution in [0, 0.1) is 0 Å². The Morgan fingerprint density at radius 2 is 1.00 bits per heavy atom. The average molecular weight is 668 g/mol. The molecular weight excluding hydrogens is 639 g/mol. The summed E-state index contributed by atoms with van der Waals surface area (Å²) in [4.78, 5) is 0. The highest BCUT2D eigenvalue weighted by molar-refractivity contribution is 7.26. The summed E-state index contributed by atoms with van der Waals surface area (Å²) in [5.41, 5.74) is 12.7. The summed E-state index contributed by atoms with van der Waals surface area (Å²) in [5.74, 6) is 0. The van der Waals surface area contributed by atoms with Gasteiger partial charge in [-0.15, -0.1) is 11.3 Å². The van der Waals surface area contributed by atoms with Gasteiger partial charge in [0.15, 0.2) is 0 Å². The number of aromatic nitrogens is 1. The van der Waals surface area contributed by atoms with Crippen LogP contribution in [-0.4, -0.2) is 4.57 Å². The molecule has 0 saturated heterocycles. The van der Waals surface area contributed by atoms with Crippen LogP contribution in [0.1, 0.15) is 0 Å². The third-order valence-electron chi connectivity index (χ3n) is 10.4. The predicted molar refractivity (Wildman–Crippen MR) is 217 cm³/mol. The number of benzene rings is 8. The molecule has 8 aromatic carbocycles. The molecule has 0 radical (unpaired) electrons. The maximum absolute atomic E-state index is 6.55. The zero-order valence-corrected chi connectivity index (χ0v) is 28.3. The van der Waals surface area contributed by atoms with Crippen molar-refractivity contribution in [2.24, 2.45) is 0 Å². The van der Waals surface area contributed by atoms with Crippen molar-refractivity contribution in [2.75, 3.05) is 0 Å². The molecule has 0 aliphatic heterocycles. The molecule has 238 valence electrons. The van der Waals surface area contributed by atoms with Crippen LogP contribution in [0.2, 0.25) is 0 Å². The summed E-state index contributed by atoms with van der Waals surface area (Å²) in [6, 6.07) is 63.7. The normalized spacial score (nSPS) is 11.9. The molecule has 3 aromatic heterocycles. The van der Waals surface area contributed by atoms with E-state index in [1.54, 1.807) is 0 Å². The molecule has 2 nitrogen and oxygen atoms in total. The van der Waals surface area contributed by atoms with Crippen molar-refractivity contribution >= 4 is 75.3 Å². The van der Waals surface area contributed by atoms with Gasteiger partial charge in [-0.1, -0.05) is 115 Å². The second-order valence-electron chi connectivity index (χ2n) is 13.3. The fourth-order valence-corrected chi connectivity index (χ4v) is 9.17. The third-order valence-corrected chi connectivity index (χ3v) is 11.5. The maximum Gasteiger partial charge on any atom is 0.144 e. The second kappa shape index (κ2) is 11.0. The summed E-state index contributed by atoms with van der Waals surface area (Å²) in [5, 5.41) is 7.28. The Hall–Kier alpha value is -6.42. The Labute approximate surface area is 298 Å². The van der Waals surface area contributed by atoms with E-state index in [4.69, 9.17) is 4.42 Å². The highest BCUT2D eigenvalue weighted by Crippen LogP contribution is 2.45. The Morgan fingerprint density at radius 3 is 1.69 bits per heavy atom. The molecule has 0 aliphatic carbocycles. The van der Waals surface area contributed by atoms with Gasteiger partial charge in [0.2, 0.25) is 0 Å². The smallest absolute Gasteiger partial charge is 0.144 e. The third kappa shape index (κ3) is 4.35. The topological polar surface area (TPSA) is 18.1 Å². The number of hydrogen-bond donors (Lipinski definition) is 0. The molecule has 11 aromatic rings.